The number of rotatable bonds is 8. The molecule has 0 fully saturated rings. The summed E-state index contributed by atoms with van der Waals surface area (Å²) in [6.45, 7) is 2.78. The van der Waals surface area contributed by atoms with Crippen LogP contribution in [0.1, 0.15) is 38.2 Å². The van der Waals surface area contributed by atoms with Gasteiger partial charge in [-0.3, -0.25) is 13.9 Å². The summed E-state index contributed by atoms with van der Waals surface area (Å²) in [4.78, 5) is 30.2. The molecule has 7 nitrogen and oxygen atoms in total. The maximum atomic E-state index is 14.0. The Morgan fingerprint density at radius 2 is 1.82 bits per heavy atom. The molecule has 0 saturated heterocycles. The predicted molar refractivity (Wildman–Crippen MR) is 108 cm³/mol. The number of anilines is 1. The standard InChI is InChI=1S/C20H26FN5O2/c1-4-5-6-9-12-22-19-23-17-16(24(19)2)18(27)26(20(28)25(17)3)13-14-10-7-8-11-15(14)21/h7-8,10-11H,4-6,9,12-13H2,1-3H3,(H,22,23). The first kappa shape index (κ1) is 19.9. The van der Waals surface area contributed by atoms with Crippen LogP contribution in [-0.4, -0.2) is 25.2 Å². The quantitative estimate of drug-likeness (QED) is 0.603. The van der Waals surface area contributed by atoms with Gasteiger partial charge < -0.3 is 9.88 Å². The first-order valence-electron chi connectivity index (χ1n) is 9.59. The minimum Gasteiger partial charge on any atom is -0.356 e. The van der Waals surface area contributed by atoms with E-state index in [2.05, 4.69) is 17.2 Å². The number of aromatic nitrogens is 4. The minimum atomic E-state index is -0.520. The van der Waals surface area contributed by atoms with Crippen LogP contribution in [0.4, 0.5) is 10.3 Å². The maximum absolute atomic E-state index is 14.0. The predicted octanol–water partition coefficient (Wildman–Crippen LogP) is 2.61. The van der Waals surface area contributed by atoms with Gasteiger partial charge in [0.25, 0.3) is 5.56 Å². The zero-order valence-electron chi connectivity index (χ0n) is 16.5. The number of nitrogens with zero attached hydrogens (tertiary/aromatic N) is 4. The number of aryl methyl sites for hydroxylation is 2. The molecule has 28 heavy (non-hydrogen) atoms. The van der Waals surface area contributed by atoms with Crippen molar-refractivity contribution in [3.05, 3.63) is 56.5 Å². The lowest BCUT2D eigenvalue weighted by atomic mass is 10.2. The summed E-state index contributed by atoms with van der Waals surface area (Å²) in [5.74, 6) is 0.0956. The molecule has 0 bridgehead atoms. The van der Waals surface area contributed by atoms with Crippen LogP contribution >= 0.6 is 0 Å². The molecular weight excluding hydrogens is 361 g/mol. The summed E-state index contributed by atoms with van der Waals surface area (Å²) >= 11 is 0. The Kier molecular flexibility index (Phi) is 5.96. The third-order valence-corrected chi connectivity index (χ3v) is 4.96. The smallest absolute Gasteiger partial charge is 0.332 e. The van der Waals surface area contributed by atoms with Crippen molar-refractivity contribution in [3.63, 3.8) is 0 Å². The third kappa shape index (κ3) is 3.72. The molecule has 3 aromatic rings. The van der Waals surface area contributed by atoms with Crippen molar-refractivity contribution in [1.29, 1.82) is 0 Å². The largest absolute Gasteiger partial charge is 0.356 e. The van der Waals surface area contributed by atoms with Crippen molar-refractivity contribution >= 4 is 17.1 Å². The SMILES string of the molecule is CCCCCCNc1nc2c(c(=O)n(Cc3ccccc3F)c(=O)n2C)n1C. The van der Waals surface area contributed by atoms with Crippen LogP contribution in [0.15, 0.2) is 33.9 Å². The number of fused-ring (bicyclic) bond motifs is 1. The van der Waals surface area contributed by atoms with Crippen LogP contribution in [0.2, 0.25) is 0 Å². The highest BCUT2D eigenvalue weighted by molar-refractivity contribution is 5.74. The van der Waals surface area contributed by atoms with Crippen molar-refractivity contribution in [1.82, 2.24) is 18.7 Å². The van der Waals surface area contributed by atoms with E-state index in [0.717, 1.165) is 30.4 Å². The fraction of sp³-hybridized carbons (Fsp3) is 0.450. The fourth-order valence-corrected chi connectivity index (χ4v) is 3.29. The van der Waals surface area contributed by atoms with Crippen molar-refractivity contribution in [2.75, 3.05) is 11.9 Å². The number of hydrogen-bond donors (Lipinski definition) is 1. The van der Waals surface area contributed by atoms with Crippen LogP contribution in [0, 0.1) is 5.82 Å². The molecule has 2 heterocycles. The number of halogens is 1. The Morgan fingerprint density at radius 1 is 1.07 bits per heavy atom. The molecule has 0 unspecified atom stereocenters. The molecule has 0 saturated carbocycles. The van der Waals surface area contributed by atoms with Gasteiger partial charge in [-0.1, -0.05) is 44.4 Å². The van der Waals surface area contributed by atoms with Crippen LogP contribution in [-0.2, 0) is 20.6 Å². The first-order valence-corrected chi connectivity index (χ1v) is 9.59. The summed E-state index contributed by atoms with van der Waals surface area (Å²) in [6.07, 6.45) is 4.48. The van der Waals surface area contributed by atoms with E-state index in [0.29, 0.717) is 17.1 Å². The Morgan fingerprint density at radius 3 is 2.54 bits per heavy atom. The molecule has 8 heteroatoms. The van der Waals surface area contributed by atoms with Gasteiger partial charge in [0.05, 0.1) is 6.54 Å². The molecule has 0 radical (unpaired) electrons. The molecule has 0 aliphatic heterocycles. The Balaban J connectivity index is 1.99. The van der Waals surface area contributed by atoms with Gasteiger partial charge in [0.15, 0.2) is 11.2 Å². The normalized spacial score (nSPS) is 11.3. The Hall–Kier alpha value is -2.90. The van der Waals surface area contributed by atoms with Gasteiger partial charge in [-0.25, -0.2) is 9.18 Å². The van der Waals surface area contributed by atoms with Crippen LogP contribution in [0.3, 0.4) is 0 Å². The highest BCUT2D eigenvalue weighted by Gasteiger charge is 2.19. The average molecular weight is 387 g/mol. The van der Waals surface area contributed by atoms with Gasteiger partial charge in [0, 0.05) is 26.2 Å². The molecule has 0 aliphatic rings. The monoisotopic (exact) mass is 387 g/mol. The lowest BCUT2D eigenvalue weighted by Crippen LogP contribution is -2.40. The third-order valence-electron chi connectivity index (χ3n) is 4.96. The zero-order chi connectivity index (χ0) is 20.3. The summed E-state index contributed by atoms with van der Waals surface area (Å²) in [5.41, 5.74) is -0.0749. The molecule has 3 rings (SSSR count). The summed E-state index contributed by atoms with van der Waals surface area (Å²) in [7, 11) is 3.31. The van der Waals surface area contributed by atoms with E-state index in [1.54, 1.807) is 36.9 Å². The lowest BCUT2D eigenvalue weighted by molar-refractivity contribution is 0.582. The number of unbranched alkanes of at least 4 members (excludes halogenated alkanes) is 3. The van der Waals surface area contributed by atoms with Gasteiger partial charge in [-0.2, -0.15) is 4.98 Å². The average Bonchev–Trinajstić information content (AvgIpc) is 3.01. The second-order valence-corrected chi connectivity index (χ2v) is 6.98. The molecule has 0 atom stereocenters. The molecular formula is C20H26FN5O2. The van der Waals surface area contributed by atoms with E-state index in [4.69, 9.17) is 0 Å². The molecule has 0 spiro atoms. The van der Waals surface area contributed by atoms with E-state index in [9.17, 15) is 14.0 Å². The number of imidazole rings is 1. The summed E-state index contributed by atoms with van der Waals surface area (Å²) in [5, 5.41) is 3.24. The fourth-order valence-electron chi connectivity index (χ4n) is 3.29. The molecule has 0 amide bonds. The van der Waals surface area contributed by atoms with E-state index in [1.165, 1.54) is 17.1 Å². The maximum Gasteiger partial charge on any atom is 0.332 e. The lowest BCUT2D eigenvalue weighted by Gasteiger charge is -2.09. The van der Waals surface area contributed by atoms with E-state index >= 15 is 0 Å². The minimum absolute atomic E-state index is 0.126. The molecule has 0 aliphatic carbocycles. The highest BCUT2D eigenvalue weighted by Crippen LogP contribution is 2.14. The van der Waals surface area contributed by atoms with Crippen LogP contribution in [0.5, 0.6) is 0 Å². The van der Waals surface area contributed by atoms with E-state index < -0.39 is 17.1 Å². The van der Waals surface area contributed by atoms with Crippen LogP contribution < -0.4 is 16.6 Å². The molecule has 150 valence electrons. The zero-order valence-corrected chi connectivity index (χ0v) is 16.5. The number of benzene rings is 1. The first-order chi connectivity index (χ1) is 13.5. The van der Waals surface area contributed by atoms with Gasteiger partial charge in [-0.05, 0) is 12.5 Å². The van der Waals surface area contributed by atoms with Crippen molar-refractivity contribution in [2.24, 2.45) is 14.1 Å². The van der Waals surface area contributed by atoms with Crippen molar-refractivity contribution < 1.29 is 4.39 Å². The van der Waals surface area contributed by atoms with Crippen LogP contribution in [0.25, 0.3) is 11.2 Å². The van der Waals surface area contributed by atoms with Crippen molar-refractivity contribution in [3.8, 4) is 0 Å². The Bertz CT molecular complexity index is 1100. The molecule has 1 N–H and O–H groups in total. The van der Waals surface area contributed by atoms with Gasteiger partial charge in [0.2, 0.25) is 5.95 Å². The Labute approximate surface area is 162 Å². The van der Waals surface area contributed by atoms with E-state index in [1.807, 2.05) is 0 Å². The molecule has 2 aromatic heterocycles. The number of nitrogens with one attached hydrogen (secondary N) is 1. The second kappa shape index (κ2) is 8.41. The van der Waals surface area contributed by atoms with E-state index in [-0.39, 0.29) is 12.1 Å². The van der Waals surface area contributed by atoms with Gasteiger partial charge in [-0.15, -0.1) is 0 Å². The summed E-state index contributed by atoms with van der Waals surface area (Å²) < 4.78 is 18.1. The highest BCUT2D eigenvalue weighted by atomic mass is 19.1. The van der Waals surface area contributed by atoms with Gasteiger partial charge in [0.1, 0.15) is 5.82 Å². The summed E-state index contributed by atoms with van der Waals surface area (Å²) in [6, 6.07) is 6.13. The molecule has 1 aromatic carbocycles. The van der Waals surface area contributed by atoms with Crippen molar-refractivity contribution in [2.45, 2.75) is 39.2 Å². The number of hydrogen-bond acceptors (Lipinski definition) is 4. The topological polar surface area (TPSA) is 73.8 Å². The van der Waals surface area contributed by atoms with Gasteiger partial charge >= 0.3 is 5.69 Å². The second-order valence-electron chi connectivity index (χ2n) is 6.98.